The molecule has 3 aliphatic heterocycles. The summed E-state index contributed by atoms with van der Waals surface area (Å²) in [5, 5.41) is 26.4. The first-order valence-corrected chi connectivity index (χ1v) is 28.5. The first kappa shape index (κ1) is 51.7. The van der Waals surface area contributed by atoms with Crippen molar-refractivity contribution in [2.24, 2.45) is 16.7 Å². The lowest BCUT2D eigenvalue weighted by atomic mass is 9.35. The molecule has 4 aliphatic carbocycles. The van der Waals surface area contributed by atoms with E-state index in [1.807, 2.05) is 69.7 Å². The lowest BCUT2D eigenvalue weighted by molar-refractivity contribution is -0.262. The summed E-state index contributed by atoms with van der Waals surface area (Å²) in [4.78, 5) is 44.5. The van der Waals surface area contributed by atoms with Crippen LogP contribution >= 0.6 is 11.3 Å². The number of piperazine rings is 1. The molecular formula is C60H68N10O7S. The van der Waals surface area contributed by atoms with E-state index in [1.54, 1.807) is 34.4 Å². The molecule has 0 radical (unpaired) electrons. The summed E-state index contributed by atoms with van der Waals surface area (Å²) in [6, 6.07) is 23.0. The highest BCUT2D eigenvalue weighted by Crippen LogP contribution is 2.73. The van der Waals surface area contributed by atoms with Gasteiger partial charge in [-0.1, -0.05) is 61.3 Å². The summed E-state index contributed by atoms with van der Waals surface area (Å²) in [7, 11) is 0. The number of rotatable bonds is 18. The van der Waals surface area contributed by atoms with Crippen LogP contribution in [0.25, 0.3) is 21.7 Å². The molecular weight excluding hydrogens is 1000 g/mol. The van der Waals surface area contributed by atoms with Crippen molar-refractivity contribution in [1.29, 1.82) is 0 Å². The van der Waals surface area contributed by atoms with Gasteiger partial charge in [-0.3, -0.25) is 9.59 Å². The van der Waals surface area contributed by atoms with Gasteiger partial charge in [-0.05, 0) is 117 Å². The Morgan fingerprint density at radius 1 is 0.936 bits per heavy atom. The van der Waals surface area contributed by atoms with Crippen LogP contribution in [0.4, 0.5) is 17.2 Å². The standard InChI is InChI=1S/C60H68N10O7S/c1-36(2)54(58(73)69-21-7-11-49(69)57(72)64-37(3)39-13-15-40(16-14-39)55-38(4)63-35-78-55)52-23-41(67-77-52)9-8-22-74-33-59-30-60(31-59,32-59)34-75-45-25-46(26-45)76-53-24-42(19-20-62-53)70-43-17-18-44(70)29-68(28-43)50-27-48(65-66-56(50)61)47-10-5-6-12-51(47)71/h5-6,10,12-16,19-20,23-24,27,35-37,43-46,49,54,71H,7,11,17-18,21-22,25-26,28-34H2,1-4H3,(H2,61,66)(H,64,72)/t37-,43?,44?,45?,46?,49-,54+,59?,60?/m0/s1. The van der Waals surface area contributed by atoms with Crippen molar-refractivity contribution in [3.05, 3.63) is 107 Å². The molecule has 2 amide bonds. The number of carbonyl (C=O) groups is 2. The van der Waals surface area contributed by atoms with Gasteiger partial charge >= 0.3 is 0 Å². The van der Waals surface area contributed by atoms with E-state index in [0.717, 1.165) is 104 Å². The second kappa shape index (κ2) is 21.3. The summed E-state index contributed by atoms with van der Waals surface area (Å²) in [6.07, 6.45) is 10.7. The Hall–Kier alpha value is -7.07. The zero-order chi connectivity index (χ0) is 53.7. The van der Waals surface area contributed by atoms with Gasteiger partial charge < -0.3 is 49.6 Å². The normalized spacial score (nSPS) is 25.6. The minimum Gasteiger partial charge on any atom is -0.507 e. The molecule has 4 N–H and O–H groups in total. The molecule has 4 aromatic heterocycles. The van der Waals surface area contributed by atoms with E-state index in [1.165, 1.54) is 0 Å². The molecule has 7 fully saturated rings. The number of aromatic hydroxyl groups is 1. The predicted molar refractivity (Wildman–Crippen MR) is 297 cm³/mol. The van der Waals surface area contributed by atoms with Gasteiger partial charge in [-0.2, -0.15) is 0 Å². The van der Waals surface area contributed by atoms with Crippen molar-refractivity contribution >= 4 is 40.3 Å². The third kappa shape index (κ3) is 10.3. The Labute approximate surface area is 459 Å². The van der Waals surface area contributed by atoms with Crippen molar-refractivity contribution < 1.29 is 33.4 Å². The van der Waals surface area contributed by atoms with Crippen LogP contribution in [0.5, 0.6) is 11.6 Å². The Balaban J connectivity index is 0.555. The van der Waals surface area contributed by atoms with Crippen molar-refractivity contribution in [3.63, 3.8) is 0 Å². The Morgan fingerprint density at radius 2 is 1.71 bits per heavy atom. The van der Waals surface area contributed by atoms with Gasteiger partial charge in [0.25, 0.3) is 0 Å². The van der Waals surface area contributed by atoms with Gasteiger partial charge in [0, 0.05) is 74.1 Å². The van der Waals surface area contributed by atoms with Crippen molar-refractivity contribution in [2.45, 2.75) is 128 Å². The van der Waals surface area contributed by atoms with Crippen LogP contribution < -0.4 is 25.6 Å². The number of hydrogen-bond donors (Lipinski definition) is 3. The number of nitrogens with zero attached hydrogens (tertiary/aromatic N) is 8. The topological polar surface area (TPSA) is 207 Å². The Morgan fingerprint density at radius 3 is 2.45 bits per heavy atom. The average Bonchev–Trinajstić information content (AvgIpc) is 3.70. The minimum absolute atomic E-state index is 0.0796. The van der Waals surface area contributed by atoms with E-state index in [-0.39, 0.29) is 59.2 Å². The number of phenolic OH excluding ortho intramolecular Hbond substituents is 1. The van der Waals surface area contributed by atoms with Gasteiger partial charge in [0.15, 0.2) is 17.3 Å². The summed E-state index contributed by atoms with van der Waals surface area (Å²) in [5.41, 5.74) is 15.5. The van der Waals surface area contributed by atoms with Crippen LogP contribution in [0.1, 0.15) is 113 Å². The van der Waals surface area contributed by atoms with Gasteiger partial charge in [0.2, 0.25) is 17.7 Å². The number of likely N-dealkylation sites (tertiary alicyclic amines) is 1. The summed E-state index contributed by atoms with van der Waals surface area (Å²) in [6.45, 7) is 11.8. The average molecular weight is 1070 g/mol. The van der Waals surface area contributed by atoms with E-state index in [4.69, 9.17) is 24.5 Å². The predicted octanol–water partition coefficient (Wildman–Crippen LogP) is 8.88. The highest BCUT2D eigenvalue weighted by molar-refractivity contribution is 7.13. The number of fused-ring (bicyclic) bond motifs is 2. The molecule has 406 valence electrons. The van der Waals surface area contributed by atoms with Crippen LogP contribution in [0.3, 0.4) is 0 Å². The van der Waals surface area contributed by atoms with Crippen LogP contribution in [0.2, 0.25) is 0 Å². The van der Waals surface area contributed by atoms with Crippen molar-refractivity contribution in [1.82, 2.24) is 35.5 Å². The number of para-hydroxylation sites is 1. The summed E-state index contributed by atoms with van der Waals surface area (Å²) >= 11 is 1.61. The molecule has 0 spiro atoms. The first-order valence-electron chi connectivity index (χ1n) is 27.6. The lowest BCUT2D eigenvalue weighted by Crippen LogP contribution is -2.66. The maximum Gasteiger partial charge on any atom is 0.243 e. The lowest BCUT2D eigenvalue weighted by Gasteiger charge is -2.70. The SMILES string of the molecule is Cc1ncsc1-c1ccc([C@H](C)NC(=O)[C@@H]2CCCN2C(=O)[C@@H](c2cc(C#CCOCC34CC(COC5CC(Oc6cc(N7C8CCC7CN(c7cc(-c9ccccc9O)nnc7N)C8)ccn6)C5)(C3)C4)no2)C(C)C)cc1. The highest BCUT2D eigenvalue weighted by atomic mass is 32.1. The summed E-state index contributed by atoms with van der Waals surface area (Å²) in [5.74, 6) is 6.85. The number of aryl methyl sites for hydroxylation is 1. The number of aromatic nitrogens is 5. The number of phenols is 1. The minimum atomic E-state index is -0.596. The molecule has 4 bridgehead atoms. The van der Waals surface area contributed by atoms with Gasteiger partial charge in [-0.25, -0.2) is 9.97 Å². The number of hydrogen-bond acceptors (Lipinski definition) is 16. The third-order valence-corrected chi connectivity index (χ3v) is 18.2. The first-order chi connectivity index (χ1) is 37.8. The molecule has 6 aromatic rings. The van der Waals surface area contributed by atoms with Gasteiger partial charge in [-0.15, -0.1) is 21.5 Å². The van der Waals surface area contributed by atoms with Crippen molar-refractivity contribution in [3.8, 4) is 45.2 Å². The second-order valence-corrected chi connectivity index (χ2v) is 24.0. The fourth-order valence-electron chi connectivity index (χ4n) is 13.4. The number of amides is 2. The number of nitrogens with one attached hydrogen (secondary N) is 1. The maximum absolute atomic E-state index is 14.2. The maximum atomic E-state index is 14.2. The Bertz CT molecular complexity index is 3200. The zero-order valence-corrected chi connectivity index (χ0v) is 45.6. The van der Waals surface area contributed by atoms with E-state index < -0.39 is 12.0 Å². The van der Waals surface area contributed by atoms with Crippen LogP contribution in [-0.2, 0) is 19.1 Å². The molecule has 13 rings (SSSR count). The molecule has 18 heteroatoms. The fraction of sp³-hybridized carbons (Fsp3) is 0.483. The highest BCUT2D eigenvalue weighted by Gasteiger charge is 2.67. The zero-order valence-electron chi connectivity index (χ0n) is 44.8. The number of nitrogen functional groups attached to an aromatic ring is 1. The van der Waals surface area contributed by atoms with Gasteiger partial charge in [0.1, 0.15) is 30.4 Å². The molecule has 2 unspecified atom stereocenters. The number of nitrogens with two attached hydrogens (primary N) is 1. The molecule has 4 saturated carbocycles. The smallest absolute Gasteiger partial charge is 0.243 e. The number of benzene rings is 2. The number of ether oxygens (including phenoxy) is 3. The number of anilines is 3. The molecule has 7 aliphatic rings. The van der Waals surface area contributed by atoms with Crippen LogP contribution in [-0.4, -0.2) is 117 Å². The van der Waals surface area contributed by atoms with Crippen LogP contribution in [0.15, 0.2) is 89.0 Å². The Kier molecular flexibility index (Phi) is 14.1. The second-order valence-electron chi connectivity index (χ2n) is 23.2. The molecule has 7 heterocycles. The monoisotopic (exact) mass is 1070 g/mol. The molecule has 78 heavy (non-hydrogen) atoms. The molecule has 3 saturated heterocycles. The van der Waals surface area contributed by atoms with E-state index in [9.17, 15) is 14.7 Å². The quantitative estimate of drug-likeness (QED) is 0.0543. The number of pyridine rings is 1. The largest absolute Gasteiger partial charge is 0.507 e. The number of thiazole rings is 1. The van der Waals surface area contributed by atoms with E-state index >= 15 is 0 Å². The fourth-order valence-corrected chi connectivity index (χ4v) is 14.2. The van der Waals surface area contributed by atoms with E-state index in [2.05, 4.69) is 76.5 Å². The van der Waals surface area contributed by atoms with Crippen LogP contribution in [0, 0.1) is 35.5 Å². The summed E-state index contributed by atoms with van der Waals surface area (Å²) < 4.78 is 24.7. The molecule has 2 aromatic carbocycles. The van der Waals surface area contributed by atoms with Crippen molar-refractivity contribution in [2.75, 3.05) is 55.0 Å². The molecule has 17 nitrogen and oxygen atoms in total. The third-order valence-electron chi connectivity index (χ3n) is 17.2. The van der Waals surface area contributed by atoms with E-state index in [0.29, 0.717) is 66.1 Å². The molecule has 5 atom stereocenters. The van der Waals surface area contributed by atoms with Gasteiger partial charge in [0.05, 0.1) is 52.8 Å². The number of carbonyl (C=O) groups excluding carboxylic acids is 2.